The molecule has 0 aliphatic heterocycles. The summed E-state index contributed by atoms with van der Waals surface area (Å²) in [6, 6.07) is 0. The summed E-state index contributed by atoms with van der Waals surface area (Å²) in [5, 5.41) is 2.22. The summed E-state index contributed by atoms with van der Waals surface area (Å²) >= 11 is 3.95. The molecule has 3 N–H and O–H groups in total. The van der Waals surface area contributed by atoms with Gasteiger partial charge in [0.15, 0.2) is 0 Å². The van der Waals surface area contributed by atoms with Crippen molar-refractivity contribution < 1.29 is 9.59 Å². The number of primary amides is 1. The molecule has 0 bridgehead atoms. The first kappa shape index (κ1) is 12.3. The molecule has 1 atom stereocenters. The smallest absolute Gasteiger partial charge is 0.232 e. The van der Waals surface area contributed by atoms with Crippen LogP contribution < -0.4 is 11.1 Å². The Balaban J connectivity index is 4.03. The van der Waals surface area contributed by atoms with Gasteiger partial charge in [0.2, 0.25) is 11.8 Å². The van der Waals surface area contributed by atoms with E-state index in [2.05, 4.69) is 17.9 Å². The van der Waals surface area contributed by atoms with Gasteiger partial charge >= 0.3 is 0 Å². The van der Waals surface area contributed by atoms with Crippen LogP contribution in [0.3, 0.4) is 0 Å². The van der Waals surface area contributed by atoms with Crippen LogP contribution in [0.25, 0.3) is 0 Å². The molecule has 0 radical (unpaired) electrons. The molecule has 0 heterocycles. The Morgan fingerprint density at radius 2 is 2.00 bits per heavy atom. The van der Waals surface area contributed by atoms with E-state index < -0.39 is 11.3 Å². The number of carbonyl (C=O) groups is 2. The van der Waals surface area contributed by atoms with Crippen LogP contribution in [-0.4, -0.2) is 23.6 Å². The zero-order chi connectivity index (χ0) is 10.6. The van der Waals surface area contributed by atoms with Gasteiger partial charge in [-0.2, -0.15) is 12.6 Å². The van der Waals surface area contributed by atoms with Gasteiger partial charge in [0.25, 0.3) is 0 Å². The first-order valence-corrected chi connectivity index (χ1v) is 4.54. The van der Waals surface area contributed by atoms with Crippen LogP contribution in [0.5, 0.6) is 0 Å². The number of nitrogens with two attached hydrogens (primary N) is 1. The van der Waals surface area contributed by atoms with Gasteiger partial charge in [0.1, 0.15) is 0 Å². The molecule has 0 saturated carbocycles. The van der Waals surface area contributed by atoms with Gasteiger partial charge < -0.3 is 11.1 Å². The highest BCUT2D eigenvalue weighted by Gasteiger charge is 2.25. The van der Waals surface area contributed by atoms with E-state index in [1.165, 1.54) is 0 Å². The van der Waals surface area contributed by atoms with Gasteiger partial charge in [0.05, 0.1) is 10.7 Å². The fourth-order valence-corrected chi connectivity index (χ4v) is 0.634. The molecular formula is C8H16N2O2S. The average molecular weight is 204 g/mol. The van der Waals surface area contributed by atoms with Crippen LogP contribution in [0.1, 0.15) is 20.8 Å². The van der Waals surface area contributed by atoms with Crippen molar-refractivity contribution in [2.75, 3.05) is 6.54 Å². The Morgan fingerprint density at radius 3 is 2.31 bits per heavy atom. The molecule has 0 aromatic carbocycles. The zero-order valence-electron chi connectivity index (χ0n) is 8.13. The summed E-state index contributed by atoms with van der Waals surface area (Å²) in [5.74, 6) is -0.628. The Morgan fingerprint density at radius 1 is 1.54 bits per heavy atom. The normalized spacial score (nSPS) is 13.5. The minimum Gasteiger partial charge on any atom is -0.369 e. The number of thiol groups is 1. The summed E-state index contributed by atoms with van der Waals surface area (Å²) < 4.78 is 0. The largest absolute Gasteiger partial charge is 0.369 e. The Kier molecular flexibility index (Phi) is 4.26. The van der Waals surface area contributed by atoms with E-state index >= 15 is 0 Å². The molecule has 0 spiro atoms. The molecular weight excluding hydrogens is 188 g/mol. The molecule has 4 nitrogen and oxygen atoms in total. The lowest BCUT2D eigenvalue weighted by atomic mass is 9.93. The van der Waals surface area contributed by atoms with E-state index in [4.69, 9.17) is 5.73 Å². The van der Waals surface area contributed by atoms with E-state index in [-0.39, 0.29) is 17.7 Å². The molecule has 0 aliphatic rings. The van der Waals surface area contributed by atoms with Crippen LogP contribution >= 0.6 is 12.6 Å². The Hall–Kier alpha value is -0.710. The van der Waals surface area contributed by atoms with Gasteiger partial charge in [0, 0.05) is 6.54 Å². The van der Waals surface area contributed by atoms with Crippen molar-refractivity contribution in [3.8, 4) is 0 Å². The maximum absolute atomic E-state index is 11.1. The lowest BCUT2D eigenvalue weighted by Gasteiger charge is -2.21. The fourth-order valence-electron chi connectivity index (χ4n) is 0.543. The monoisotopic (exact) mass is 204 g/mol. The molecule has 0 aliphatic carbocycles. The van der Waals surface area contributed by atoms with Crippen LogP contribution in [0.2, 0.25) is 0 Å². The standard InChI is InChI=1S/C8H16N2O2S/c1-5(13)6(11)10-4-8(2,3)7(9)12/h5,13H,4H2,1-3H3,(H2,9,12)(H,10,11). The second kappa shape index (κ2) is 4.50. The van der Waals surface area contributed by atoms with Crippen molar-refractivity contribution in [3.63, 3.8) is 0 Å². The number of amides is 2. The maximum atomic E-state index is 11.1. The summed E-state index contributed by atoms with van der Waals surface area (Å²) in [6.07, 6.45) is 0. The van der Waals surface area contributed by atoms with Crippen molar-refractivity contribution in [1.82, 2.24) is 5.32 Å². The van der Waals surface area contributed by atoms with Crippen LogP contribution in [0, 0.1) is 5.41 Å². The maximum Gasteiger partial charge on any atom is 0.232 e. The molecule has 13 heavy (non-hydrogen) atoms. The van der Waals surface area contributed by atoms with Gasteiger partial charge in [-0.25, -0.2) is 0 Å². The third-order valence-corrected chi connectivity index (χ3v) is 1.99. The van der Waals surface area contributed by atoms with Crippen LogP contribution in [-0.2, 0) is 9.59 Å². The second-order valence-corrected chi connectivity index (χ2v) is 4.42. The molecule has 0 saturated heterocycles. The number of hydrogen-bond acceptors (Lipinski definition) is 3. The van der Waals surface area contributed by atoms with Crippen molar-refractivity contribution in [3.05, 3.63) is 0 Å². The highest BCUT2D eigenvalue weighted by Crippen LogP contribution is 2.11. The van der Waals surface area contributed by atoms with E-state index in [9.17, 15) is 9.59 Å². The van der Waals surface area contributed by atoms with Crippen molar-refractivity contribution >= 4 is 24.4 Å². The summed E-state index contributed by atoms with van der Waals surface area (Å²) in [4.78, 5) is 21.9. The quantitative estimate of drug-likeness (QED) is 0.561. The van der Waals surface area contributed by atoms with E-state index in [1.807, 2.05) is 0 Å². The van der Waals surface area contributed by atoms with Gasteiger partial charge in [-0.05, 0) is 20.8 Å². The number of hydrogen-bond donors (Lipinski definition) is 3. The summed E-state index contributed by atoms with van der Waals surface area (Å²) in [6.45, 7) is 5.26. The molecule has 0 aromatic heterocycles. The second-order valence-electron chi connectivity index (χ2n) is 3.64. The predicted molar refractivity (Wildman–Crippen MR) is 54.4 cm³/mol. The third-order valence-electron chi connectivity index (χ3n) is 1.75. The minimum atomic E-state index is -0.710. The predicted octanol–water partition coefficient (Wildman–Crippen LogP) is -0.0676. The summed E-state index contributed by atoms with van der Waals surface area (Å²) in [7, 11) is 0. The summed E-state index contributed by atoms with van der Waals surface area (Å²) in [5.41, 5.74) is 4.41. The molecule has 0 rings (SSSR count). The zero-order valence-corrected chi connectivity index (χ0v) is 9.02. The first-order chi connectivity index (χ1) is 5.77. The SMILES string of the molecule is CC(S)C(=O)NCC(C)(C)C(N)=O. The van der Waals surface area contributed by atoms with Gasteiger partial charge in [-0.15, -0.1) is 0 Å². The van der Waals surface area contributed by atoms with Crippen molar-refractivity contribution in [2.45, 2.75) is 26.0 Å². The Labute approximate surface area is 83.7 Å². The molecule has 0 fully saturated rings. The molecule has 76 valence electrons. The van der Waals surface area contributed by atoms with Crippen molar-refractivity contribution in [1.29, 1.82) is 0 Å². The highest BCUT2D eigenvalue weighted by atomic mass is 32.1. The number of rotatable bonds is 4. The molecule has 1 unspecified atom stereocenters. The molecule has 2 amide bonds. The topological polar surface area (TPSA) is 72.2 Å². The third kappa shape index (κ3) is 4.17. The first-order valence-electron chi connectivity index (χ1n) is 4.03. The Bertz CT molecular complexity index is 214. The lowest BCUT2D eigenvalue weighted by Crippen LogP contribution is -2.44. The lowest BCUT2D eigenvalue weighted by molar-refractivity contribution is -0.126. The van der Waals surface area contributed by atoms with Gasteiger partial charge in [-0.1, -0.05) is 0 Å². The highest BCUT2D eigenvalue weighted by molar-refractivity contribution is 7.81. The van der Waals surface area contributed by atoms with Crippen molar-refractivity contribution in [2.24, 2.45) is 11.1 Å². The van der Waals surface area contributed by atoms with Crippen LogP contribution in [0.15, 0.2) is 0 Å². The fraction of sp³-hybridized carbons (Fsp3) is 0.750. The number of carbonyl (C=O) groups excluding carboxylic acids is 2. The minimum absolute atomic E-state index is 0.197. The average Bonchev–Trinajstić information content (AvgIpc) is 1.99. The van der Waals surface area contributed by atoms with E-state index in [0.717, 1.165) is 0 Å². The molecule has 5 heteroatoms. The van der Waals surface area contributed by atoms with E-state index in [0.29, 0.717) is 0 Å². The molecule has 0 aromatic rings. The number of nitrogens with one attached hydrogen (secondary N) is 1. The van der Waals surface area contributed by atoms with E-state index in [1.54, 1.807) is 20.8 Å². The van der Waals surface area contributed by atoms with Gasteiger partial charge in [-0.3, -0.25) is 9.59 Å². The van der Waals surface area contributed by atoms with Crippen LogP contribution in [0.4, 0.5) is 0 Å².